The molecule has 0 amide bonds. The summed E-state index contributed by atoms with van der Waals surface area (Å²) < 4.78 is 0. The van der Waals surface area contributed by atoms with Gasteiger partial charge >= 0.3 is 0 Å². The number of nitrogens with two attached hydrogens (primary N) is 1. The molecule has 0 atom stereocenters. The Morgan fingerprint density at radius 2 is 1.50 bits per heavy atom. The fraction of sp³-hybridized carbons (Fsp3) is 0.200. The van der Waals surface area contributed by atoms with Gasteiger partial charge in [0.05, 0.1) is 0 Å². The van der Waals surface area contributed by atoms with Crippen LogP contribution in [0.1, 0.15) is 16.7 Å². The highest BCUT2D eigenvalue weighted by Crippen LogP contribution is 2.11. The van der Waals surface area contributed by atoms with Gasteiger partial charge in [-0.1, -0.05) is 42.0 Å². The normalized spacial score (nSPS) is 10.3. The molecule has 0 saturated heterocycles. The molecule has 82 valence electrons. The Kier molecular flexibility index (Phi) is 3.25. The van der Waals surface area contributed by atoms with E-state index in [0.29, 0.717) is 0 Å². The maximum Gasteiger partial charge on any atom is 0.0316 e. The lowest BCUT2D eigenvalue weighted by atomic mass is 10.0. The standard InChI is InChI=1S/C15H17N/c1-12-4-2-5-13(10-12)8-9-14-6-3-7-15(16)11-14/h2-7,10-11H,8-9,16H2,1H3. The van der Waals surface area contributed by atoms with Crippen LogP contribution in [0.5, 0.6) is 0 Å². The number of hydrogen-bond acceptors (Lipinski definition) is 1. The summed E-state index contributed by atoms with van der Waals surface area (Å²) in [6, 6.07) is 16.8. The number of aryl methyl sites for hydroxylation is 3. The van der Waals surface area contributed by atoms with Crippen LogP contribution < -0.4 is 5.73 Å². The molecule has 0 bridgehead atoms. The third-order valence-electron chi connectivity index (χ3n) is 2.74. The SMILES string of the molecule is Cc1cccc(CCc2cccc(N)c2)c1. The lowest BCUT2D eigenvalue weighted by Gasteiger charge is -2.04. The van der Waals surface area contributed by atoms with Gasteiger partial charge in [0.1, 0.15) is 0 Å². The van der Waals surface area contributed by atoms with Crippen molar-refractivity contribution in [2.75, 3.05) is 5.73 Å². The molecule has 0 aliphatic carbocycles. The number of benzene rings is 2. The van der Waals surface area contributed by atoms with Gasteiger partial charge in [0.2, 0.25) is 0 Å². The lowest BCUT2D eigenvalue weighted by Crippen LogP contribution is -1.93. The zero-order valence-corrected chi connectivity index (χ0v) is 9.61. The van der Waals surface area contributed by atoms with Crippen molar-refractivity contribution in [2.45, 2.75) is 19.8 Å². The first-order valence-electron chi connectivity index (χ1n) is 5.64. The molecule has 1 heteroatoms. The third-order valence-corrected chi connectivity index (χ3v) is 2.74. The molecule has 0 heterocycles. The maximum absolute atomic E-state index is 5.75. The van der Waals surface area contributed by atoms with Crippen LogP contribution in [0.4, 0.5) is 5.69 Å². The van der Waals surface area contributed by atoms with Gasteiger partial charge in [0.25, 0.3) is 0 Å². The molecule has 16 heavy (non-hydrogen) atoms. The third kappa shape index (κ3) is 2.86. The molecule has 0 saturated carbocycles. The Hall–Kier alpha value is -1.76. The van der Waals surface area contributed by atoms with Gasteiger partial charge in [-0.3, -0.25) is 0 Å². The molecule has 0 aliphatic rings. The van der Waals surface area contributed by atoms with Gasteiger partial charge in [0.15, 0.2) is 0 Å². The summed E-state index contributed by atoms with van der Waals surface area (Å²) in [5.74, 6) is 0. The van der Waals surface area contributed by atoms with Crippen molar-refractivity contribution in [3.8, 4) is 0 Å². The summed E-state index contributed by atoms with van der Waals surface area (Å²) in [7, 11) is 0. The zero-order valence-electron chi connectivity index (χ0n) is 9.61. The fourth-order valence-corrected chi connectivity index (χ4v) is 1.90. The van der Waals surface area contributed by atoms with Crippen LogP contribution in [0.15, 0.2) is 48.5 Å². The average molecular weight is 211 g/mol. The van der Waals surface area contributed by atoms with Crippen LogP contribution in [0, 0.1) is 6.92 Å². The highest BCUT2D eigenvalue weighted by Gasteiger charge is 1.96. The molecule has 0 unspecified atom stereocenters. The Labute approximate surface area is 96.9 Å². The van der Waals surface area contributed by atoms with E-state index in [1.165, 1.54) is 16.7 Å². The van der Waals surface area contributed by atoms with Crippen LogP contribution in [0.2, 0.25) is 0 Å². The van der Waals surface area contributed by atoms with E-state index in [9.17, 15) is 0 Å². The van der Waals surface area contributed by atoms with Gasteiger partial charge in [-0.05, 0) is 43.0 Å². The summed E-state index contributed by atoms with van der Waals surface area (Å²) >= 11 is 0. The first-order valence-corrected chi connectivity index (χ1v) is 5.64. The van der Waals surface area contributed by atoms with E-state index in [2.05, 4.69) is 43.3 Å². The molecule has 0 radical (unpaired) electrons. The minimum atomic E-state index is 0.849. The second kappa shape index (κ2) is 4.84. The molecule has 0 fully saturated rings. The monoisotopic (exact) mass is 211 g/mol. The Bertz CT molecular complexity index is 429. The largest absolute Gasteiger partial charge is 0.399 e. The van der Waals surface area contributed by atoms with E-state index in [1.54, 1.807) is 0 Å². The van der Waals surface area contributed by atoms with Crippen LogP contribution >= 0.6 is 0 Å². The summed E-state index contributed by atoms with van der Waals surface area (Å²) in [5, 5.41) is 0. The minimum absolute atomic E-state index is 0.849. The van der Waals surface area contributed by atoms with E-state index >= 15 is 0 Å². The molecule has 2 N–H and O–H groups in total. The molecule has 2 rings (SSSR count). The van der Waals surface area contributed by atoms with Crippen molar-refractivity contribution < 1.29 is 0 Å². The molecule has 0 spiro atoms. The van der Waals surface area contributed by atoms with Crippen molar-refractivity contribution in [3.63, 3.8) is 0 Å². The Morgan fingerprint density at radius 3 is 2.12 bits per heavy atom. The second-order valence-corrected chi connectivity index (χ2v) is 4.23. The molecular weight excluding hydrogens is 194 g/mol. The van der Waals surface area contributed by atoms with E-state index < -0.39 is 0 Å². The topological polar surface area (TPSA) is 26.0 Å². The summed E-state index contributed by atoms with van der Waals surface area (Å²) in [4.78, 5) is 0. The maximum atomic E-state index is 5.75. The lowest BCUT2D eigenvalue weighted by molar-refractivity contribution is 0.959. The van der Waals surface area contributed by atoms with Gasteiger partial charge in [-0.25, -0.2) is 0 Å². The van der Waals surface area contributed by atoms with Gasteiger partial charge in [0, 0.05) is 5.69 Å². The molecule has 0 aliphatic heterocycles. The molecule has 0 aromatic heterocycles. The van der Waals surface area contributed by atoms with Gasteiger partial charge in [-0.15, -0.1) is 0 Å². The smallest absolute Gasteiger partial charge is 0.0316 e. The van der Waals surface area contributed by atoms with Crippen LogP contribution in [0.3, 0.4) is 0 Å². The number of hydrogen-bond donors (Lipinski definition) is 1. The summed E-state index contributed by atoms with van der Waals surface area (Å²) in [5.41, 5.74) is 10.6. The van der Waals surface area contributed by atoms with E-state index in [-0.39, 0.29) is 0 Å². The van der Waals surface area contributed by atoms with Crippen molar-refractivity contribution in [2.24, 2.45) is 0 Å². The minimum Gasteiger partial charge on any atom is -0.399 e. The van der Waals surface area contributed by atoms with Gasteiger partial charge < -0.3 is 5.73 Å². The summed E-state index contributed by atoms with van der Waals surface area (Å²) in [6.07, 6.45) is 2.12. The molecule has 2 aromatic rings. The predicted octanol–water partition coefficient (Wildman–Crippen LogP) is 3.36. The van der Waals surface area contributed by atoms with Crippen molar-refractivity contribution in [1.82, 2.24) is 0 Å². The number of anilines is 1. The molecule has 1 nitrogen and oxygen atoms in total. The van der Waals surface area contributed by atoms with E-state index in [1.807, 2.05) is 12.1 Å². The van der Waals surface area contributed by atoms with Crippen molar-refractivity contribution in [3.05, 3.63) is 65.2 Å². The predicted molar refractivity (Wildman–Crippen MR) is 69.4 cm³/mol. The quantitative estimate of drug-likeness (QED) is 0.774. The van der Waals surface area contributed by atoms with Crippen molar-refractivity contribution in [1.29, 1.82) is 0 Å². The van der Waals surface area contributed by atoms with Gasteiger partial charge in [-0.2, -0.15) is 0 Å². The molecule has 2 aromatic carbocycles. The highest BCUT2D eigenvalue weighted by atomic mass is 14.5. The zero-order chi connectivity index (χ0) is 11.4. The average Bonchev–Trinajstić information content (AvgIpc) is 2.27. The second-order valence-electron chi connectivity index (χ2n) is 4.23. The highest BCUT2D eigenvalue weighted by molar-refractivity contribution is 5.40. The van der Waals surface area contributed by atoms with Crippen LogP contribution in [0.25, 0.3) is 0 Å². The first-order chi connectivity index (χ1) is 7.74. The van der Waals surface area contributed by atoms with Crippen LogP contribution in [-0.4, -0.2) is 0 Å². The first kappa shape index (κ1) is 10.7. The fourth-order valence-electron chi connectivity index (χ4n) is 1.90. The Morgan fingerprint density at radius 1 is 0.875 bits per heavy atom. The number of nitrogen functional groups attached to an aromatic ring is 1. The van der Waals surface area contributed by atoms with E-state index in [4.69, 9.17) is 5.73 Å². The summed E-state index contributed by atoms with van der Waals surface area (Å²) in [6.45, 7) is 2.13. The van der Waals surface area contributed by atoms with Crippen molar-refractivity contribution >= 4 is 5.69 Å². The van der Waals surface area contributed by atoms with Crippen LogP contribution in [-0.2, 0) is 12.8 Å². The molecular formula is C15H17N. The number of rotatable bonds is 3. The Balaban J connectivity index is 2.02. The van der Waals surface area contributed by atoms with E-state index in [0.717, 1.165) is 18.5 Å².